The molecule has 0 aliphatic carbocycles. The van der Waals surface area contributed by atoms with Crippen LogP contribution >= 0.6 is 0 Å². The Hall–Kier alpha value is -0.660. The number of hydrogen-bond donors (Lipinski definition) is 0. The number of nitrogens with zero attached hydrogens (tertiary/aromatic N) is 1. The molecule has 0 bridgehead atoms. The fourth-order valence-electron chi connectivity index (χ4n) is 1.12. The van der Waals surface area contributed by atoms with E-state index in [0.717, 1.165) is 6.42 Å². The molecule has 1 heterocycles. The van der Waals surface area contributed by atoms with Crippen molar-refractivity contribution in [1.82, 2.24) is 0 Å². The summed E-state index contributed by atoms with van der Waals surface area (Å²) in [4.78, 5) is 14.8. The Morgan fingerprint density at radius 2 is 2.44 bits per heavy atom. The zero-order valence-electron chi connectivity index (χ0n) is 5.79. The maximum Gasteiger partial charge on any atom is 0.154 e. The Kier molecular flexibility index (Phi) is 1.65. The topological polar surface area (TPSA) is 29.4 Å². The lowest BCUT2D eigenvalue weighted by Gasteiger charge is -2.07. The van der Waals surface area contributed by atoms with Gasteiger partial charge in [0, 0.05) is 0 Å². The zero-order chi connectivity index (χ0) is 6.85. The van der Waals surface area contributed by atoms with Gasteiger partial charge in [-0.2, -0.15) is 0 Å². The number of aliphatic imine (C=N–C) groups is 1. The average molecular weight is 125 g/mol. The van der Waals surface area contributed by atoms with E-state index >= 15 is 0 Å². The molecule has 0 amide bonds. The van der Waals surface area contributed by atoms with Gasteiger partial charge in [0.15, 0.2) is 5.78 Å². The predicted octanol–water partition coefficient (Wildman–Crippen LogP) is 1.05. The van der Waals surface area contributed by atoms with Crippen molar-refractivity contribution in [3.05, 3.63) is 0 Å². The van der Waals surface area contributed by atoms with Crippen molar-refractivity contribution in [2.24, 2.45) is 10.9 Å². The van der Waals surface area contributed by atoms with Crippen molar-refractivity contribution in [3.8, 4) is 0 Å². The molecule has 50 valence electrons. The molecule has 0 aromatic rings. The van der Waals surface area contributed by atoms with Crippen molar-refractivity contribution in [3.63, 3.8) is 0 Å². The van der Waals surface area contributed by atoms with Gasteiger partial charge in [0.25, 0.3) is 0 Å². The Bertz CT molecular complexity index is 151. The van der Waals surface area contributed by atoms with E-state index in [2.05, 4.69) is 11.9 Å². The summed E-state index contributed by atoms with van der Waals surface area (Å²) < 4.78 is 0. The van der Waals surface area contributed by atoms with Crippen LogP contribution in [-0.4, -0.2) is 18.0 Å². The average Bonchev–Trinajstić information content (AvgIpc) is 2.13. The van der Waals surface area contributed by atoms with Crippen molar-refractivity contribution < 1.29 is 4.79 Å². The van der Waals surface area contributed by atoms with Gasteiger partial charge in [0.05, 0.1) is 0 Å². The molecule has 1 rings (SSSR count). The first-order valence-corrected chi connectivity index (χ1v) is 3.24. The monoisotopic (exact) mass is 125 g/mol. The summed E-state index contributed by atoms with van der Waals surface area (Å²) in [6.45, 7) is 3.66. The first kappa shape index (κ1) is 6.46. The van der Waals surface area contributed by atoms with Crippen LogP contribution in [0.4, 0.5) is 0 Å². The van der Waals surface area contributed by atoms with Crippen molar-refractivity contribution in [2.45, 2.75) is 26.3 Å². The van der Waals surface area contributed by atoms with E-state index in [-0.39, 0.29) is 11.8 Å². The SMILES string of the molecule is CC(=O)[C@@H]1N=CC[C@H]1C. The molecule has 2 heteroatoms. The summed E-state index contributed by atoms with van der Waals surface area (Å²) in [6, 6.07) is -0.0370. The molecule has 2 atom stereocenters. The molecule has 0 N–H and O–H groups in total. The molecule has 0 aromatic carbocycles. The van der Waals surface area contributed by atoms with Crippen molar-refractivity contribution in [1.29, 1.82) is 0 Å². The summed E-state index contributed by atoms with van der Waals surface area (Å²) in [6.07, 6.45) is 2.81. The minimum Gasteiger partial charge on any atom is -0.298 e. The minimum absolute atomic E-state index is 0.0370. The minimum atomic E-state index is -0.0370. The molecule has 0 saturated carbocycles. The van der Waals surface area contributed by atoms with Crippen LogP contribution in [0.25, 0.3) is 0 Å². The molecule has 1 aliphatic rings. The summed E-state index contributed by atoms with van der Waals surface area (Å²) in [5, 5.41) is 0. The van der Waals surface area contributed by atoms with Crippen LogP contribution in [0.2, 0.25) is 0 Å². The van der Waals surface area contributed by atoms with Crippen LogP contribution in [0.1, 0.15) is 20.3 Å². The van der Waals surface area contributed by atoms with Crippen LogP contribution in [0.15, 0.2) is 4.99 Å². The lowest BCUT2D eigenvalue weighted by atomic mass is 10.00. The maximum absolute atomic E-state index is 10.7. The normalized spacial score (nSPS) is 33.1. The van der Waals surface area contributed by atoms with E-state index < -0.39 is 0 Å². The lowest BCUT2D eigenvalue weighted by molar-refractivity contribution is -0.118. The highest BCUT2D eigenvalue weighted by Crippen LogP contribution is 2.16. The standard InChI is InChI=1S/C7H11NO/c1-5-3-4-8-7(5)6(2)9/h4-5,7H,3H2,1-2H3/t5-,7-/m1/s1. The van der Waals surface area contributed by atoms with E-state index in [9.17, 15) is 4.79 Å². The Morgan fingerprint density at radius 3 is 2.67 bits per heavy atom. The van der Waals surface area contributed by atoms with Gasteiger partial charge in [0.2, 0.25) is 0 Å². The van der Waals surface area contributed by atoms with E-state index in [1.807, 2.05) is 6.21 Å². The van der Waals surface area contributed by atoms with Crippen LogP contribution < -0.4 is 0 Å². The van der Waals surface area contributed by atoms with Crippen LogP contribution in [0.3, 0.4) is 0 Å². The first-order chi connectivity index (χ1) is 4.22. The fraction of sp³-hybridized carbons (Fsp3) is 0.714. The van der Waals surface area contributed by atoms with Gasteiger partial charge in [-0.25, -0.2) is 0 Å². The van der Waals surface area contributed by atoms with Gasteiger partial charge in [-0.3, -0.25) is 9.79 Å². The Morgan fingerprint density at radius 1 is 1.78 bits per heavy atom. The summed E-state index contributed by atoms with van der Waals surface area (Å²) in [5.41, 5.74) is 0. The molecule has 1 aliphatic heterocycles. The number of ketones is 1. The highest BCUT2D eigenvalue weighted by atomic mass is 16.1. The van der Waals surface area contributed by atoms with Gasteiger partial charge in [-0.1, -0.05) is 6.92 Å². The van der Waals surface area contributed by atoms with Gasteiger partial charge in [0.1, 0.15) is 6.04 Å². The second-order valence-electron chi connectivity index (χ2n) is 2.60. The molecule has 0 spiro atoms. The first-order valence-electron chi connectivity index (χ1n) is 3.24. The molecular weight excluding hydrogens is 114 g/mol. The van der Waals surface area contributed by atoms with Gasteiger partial charge < -0.3 is 0 Å². The number of Topliss-reactive ketones (excluding diaryl/α,β-unsaturated/α-hetero) is 1. The number of hydrogen-bond acceptors (Lipinski definition) is 2. The van der Waals surface area contributed by atoms with E-state index in [1.165, 1.54) is 0 Å². The van der Waals surface area contributed by atoms with Crippen LogP contribution in [0, 0.1) is 5.92 Å². The summed E-state index contributed by atoms with van der Waals surface area (Å²) >= 11 is 0. The Labute approximate surface area is 55.0 Å². The Balaban J connectivity index is 2.59. The molecule has 0 radical (unpaired) electrons. The molecule has 0 fully saturated rings. The smallest absolute Gasteiger partial charge is 0.154 e. The number of carbonyl (C=O) groups excluding carboxylic acids is 1. The molecule has 0 aromatic heterocycles. The fourth-order valence-corrected chi connectivity index (χ4v) is 1.12. The zero-order valence-corrected chi connectivity index (χ0v) is 5.79. The maximum atomic E-state index is 10.7. The van der Waals surface area contributed by atoms with Crippen molar-refractivity contribution >= 4 is 12.0 Å². The third kappa shape index (κ3) is 1.18. The second-order valence-corrected chi connectivity index (χ2v) is 2.60. The molecular formula is C7H11NO. The van der Waals surface area contributed by atoms with Crippen LogP contribution in [0.5, 0.6) is 0 Å². The molecule has 2 nitrogen and oxygen atoms in total. The number of carbonyl (C=O) groups is 1. The van der Waals surface area contributed by atoms with E-state index in [0.29, 0.717) is 5.92 Å². The van der Waals surface area contributed by atoms with Crippen LogP contribution in [-0.2, 0) is 4.79 Å². The predicted molar refractivity (Wildman–Crippen MR) is 36.7 cm³/mol. The molecule has 0 saturated heterocycles. The third-order valence-corrected chi connectivity index (χ3v) is 1.70. The molecule has 0 unspecified atom stereocenters. The summed E-state index contributed by atoms with van der Waals surface area (Å²) in [7, 11) is 0. The van der Waals surface area contributed by atoms with E-state index in [4.69, 9.17) is 0 Å². The number of rotatable bonds is 1. The second kappa shape index (κ2) is 2.29. The van der Waals surface area contributed by atoms with Gasteiger partial charge in [-0.05, 0) is 25.5 Å². The highest BCUT2D eigenvalue weighted by molar-refractivity contribution is 5.85. The highest BCUT2D eigenvalue weighted by Gasteiger charge is 2.23. The van der Waals surface area contributed by atoms with Gasteiger partial charge in [-0.15, -0.1) is 0 Å². The van der Waals surface area contributed by atoms with E-state index in [1.54, 1.807) is 6.92 Å². The quantitative estimate of drug-likeness (QED) is 0.515. The lowest BCUT2D eigenvalue weighted by Crippen LogP contribution is -2.19. The van der Waals surface area contributed by atoms with Gasteiger partial charge >= 0.3 is 0 Å². The third-order valence-electron chi connectivity index (χ3n) is 1.70. The van der Waals surface area contributed by atoms with Crippen molar-refractivity contribution in [2.75, 3.05) is 0 Å². The summed E-state index contributed by atoms with van der Waals surface area (Å²) in [5.74, 6) is 0.624. The molecule has 9 heavy (non-hydrogen) atoms. The largest absolute Gasteiger partial charge is 0.298 e.